The van der Waals surface area contributed by atoms with Crippen LogP contribution in [0.15, 0.2) is 0 Å². The van der Waals surface area contributed by atoms with Gasteiger partial charge >= 0.3 is 5.97 Å². The largest absolute Gasteiger partial charge is 0.464 e. The second-order valence-electron chi connectivity index (χ2n) is 4.81. The first-order chi connectivity index (χ1) is 7.82. The standard InChI is InChI=1S/C12H23NO3S/c1-6-16-10(14)9(7-8-17-5)13-11(15)12(2,3)4/h9H,6-8H2,1-5H3,(H,13,15)/t9-/m0/s1. The van der Waals surface area contributed by atoms with Gasteiger partial charge in [-0.25, -0.2) is 4.79 Å². The van der Waals surface area contributed by atoms with E-state index in [0.29, 0.717) is 13.0 Å². The molecule has 100 valence electrons. The minimum Gasteiger partial charge on any atom is -0.464 e. The van der Waals surface area contributed by atoms with Gasteiger partial charge in [-0.05, 0) is 25.4 Å². The van der Waals surface area contributed by atoms with Gasteiger partial charge in [0.2, 0.25) is 5.91 Å². The van der Waals surface area contributed by atoms with Gasteiger partial charge in [-0.1, -0.05) is 20.8 Å². The average molecular weight is 261 g/mol. The fourth-order valence-electron chi connectivity index (χ4n) is 1.10. The van der Waals surface area contributed by atoms with Crippen molar-refractivity contribution >= 4 is 23.6 Å². The third-order valence-electron chi connectivity index (χ3n) is 2.17. The Balaban J connectivity index is 4.48. The van der Waals surface area contributed by atoms with Crippen LogP contribution in [0.5, 0.6) is 0 Å². The number of hydrogen-bond acceptors (Lipinski definition) is 4. The number of carbonyl (C=O) groups excluding carboxylic acids is 2. The summed E-state index contributed by atoms with van der Waals surface area (Å²) >= 11 is 1.64. The van der Waals surface area contributed by atoms with Gasteiger partial charge in [0.1, 0.15) is 6.04 Å². The van der Waals surface area contributed by atoms with Crippen molar-refractivity contribution in [3.8, 4) is 0 Å². The van der Waals surface area contributed by atoms with Gasteiger partial charge in [0.05, 0.1) is 6.61 Å². The van der Waals surface area contributed by atoms with Crippen LogP contribution in [0.2, 0.25) is 0 Å². The minimum absolute atomic E-state index is 0.128. The number of ether oxygens (including phenoxy) is 1. The smallest absolute Gasteiger partial charge is 0.328 e. The maximum Gasteiger partial charge on any atom is 0.328 e. The van der Waals surface area contributed by atoms with Gasteiger partial charge in [-0.3, -0.25) is 4.79 Å². The quantitative estimate of drug-likeness (QED) is 0.741. The van der Waals surface area contributed by atoms with E-state index < -0.39 is 11.5 Å². The first-order valence-electron chi connectivity index (χ1n) is 5.79. The summed E-state index contributed by atoms with van der Waals surface area (Å²) in [6.45, 7) is 7.55. The Morgan fingerprint density at radius 2 is 1.94 bits per heavy atom. The van der Waals surface area contributed by atoms with E-state index in [-0.39, 0.29) is 11.9 Å². The molecule has 0 radical (unpaired) electrons. The van der Waals surface area contributed by atoms with Crippen LogP contribution >= 0.6 is 11.8 Å². The monoisotopic (exact) mass is 261 g/mol. The summed E-state index contributed by atoms with van der Waals surface area (Å²) < 4.78 is 4.95. The molecule has 0 aromatic rings. The number of amides is 1. The molecule has 1 atom stereocenters. The highest BCUT2D eigenvalue weighted by Gasteiger charge is 2.27. The van der Waals surface area contributed by atoms with E-state index in [2.05, 4.69) is 5.32 Å². The third-order valence-corrected chi connectivity index (χ3v) is 2.81. The van der Waals surface area contributed by atoms with Crippen LogP contribution in [0.25, 0.3) is 0 Å². The molecule has 0 spiro atoms. The third kappa shape index (κ3) is 6.56. The number of thioether (sulfide) groups is 1. The second-order valence-corrected chi connectivity index (χ2v) is 5.80. The zero-order valence-corrected chi connectivity index (χ0v) is 12.1. The fraction of sp³-hybridized carbons (Fsp3) is 0.833. The van der Waals surface area contributed by atoms with Crippen molar-refractivity contribution in [3.05, 3.63) is 0 Å². The molecule has 0 saturated heterocycles. The zero-order chi connectivity index (χ0) is 13.5. The highest BCUT2D eigenvalue weighted by atomic mass is 32.2. The van der Waals surface area contributed by atoms with Crippen molar-refractivity contribution in [1.82, 2.24) is 5.32 Å². The first kappa shape index (κ1) is 16.3. The summed E-state index contributed by atoms with van der Waals surface area (Å²) in [6, 6.07) is -0.533. The predicted molar refractivity (Wildman–Crippen MR) is 71.0 cm³/mol. The number of hydrogen-bond donors (Lipinski definition) is 1. The topological polar surface area (TPSA) is 55.4 Å². The van der Waals surface area contributed by atoms with E-state index in [1.807, 2.05) is 27.0 Å². The summed E-state index contributed by atoms with van der Waals surface area (Å²) in [4.78, 5) is 23.5. The summed E-state index contributed by atoms with van der Waals surface area (Å²) in [5, 5.41) is 2.75. The molecule has 0 bridgehead atoms. The molecule has 0 fully saturated rings. The van der Waals surface area contributed by atoms with Gasteiger partial charge in [0, 0.05) is 5.41 Å². The summed E-state index contributed by atoms with van der Waals surface area (Å²) in [5.41, 5.74) is -0.496. The lowest BCUT2D eigenvalue weighted by molar-refractivity contribution is -0.148. The Hall–Kier alpha value is -0.710. The normalized spacial score (nSPS) is 13.0. The summed E-state index contributed by atoms with van der Waals surface area (Å²) in [5.74, 6) is 0.337. The van der Waals surface area contributed by atoms with Gasteiger partial charge in [0.15, 0.2) is 0 Å². The van der Waals surface area contributed by atoms with Crippen molar-refractivity contribution in [2.24, 2.45) is 5.41 Å². The van der Waals surface area contributed by atoms with Crippen LogP contribution in [0.1, 0.15) is 34.1 Å². The molecule has 0 aliphatic heterocycles. The van der Waals surface area contributed by atoms with Crippen molar-refractivity contribution < 1.29 is 14.3 Å². The second kappa shape index (κ2) is 7.58. The molecule has 1 amide bonds. The summed E-state index contributed by atoms with van der Waals surface area (Å²) in [7, 11) is 0. The molecular formula is C12H23NO3S. The van der Waals surface area contributed by atoms with Gasteiger partial charge in [-0.15, -0.1) is 0 Å². The Morgan fingerprint density at radius 1 is 1.35 bits per heavy atom. The van der Waals surface area contributed by atoms with Crippen LogP contribution in [-0.4, -0.2) is 36.5 Å². The van der Waals surface area contributed by atoms with E-state index >= 15 is 0 Å². The van der Waals surface area contributed by atoms with E-state index in [0.717, 1.165) is 5.75 Å². The van der Waals surface area contributed by atoms with Crippen LogP contribution in [0.4, 0.5) is 0 Å². The maximum atomic E-state index is 11.8. The van der Waals surface area contributed by atoms with Gasteiger partial charge in [-0.2, -0.15) is 11.8 Å². The Bertz CT molecular complexity index is 261. The van der Waals surface area contributed by atoms with Crippen LogP contribution in [-0.2, 0) is 14.3 Å². The van der Waals surface area contributed by atoms with Crippen molar-refractivity contribution in [1.29, 1.82) is 0 Å². The molecule has 0 aliphatic rings. The van der Waals surface area contributed by atoms with Crippen LogP contribution in [0.3, 0.4) is 0 Å². The number of carbonyl (C=O) groups is 2. The van der Waals surface area contributed by atoms with Crippen molar-refractivity contribution in [2.45, 2.75) is 40.2 Å². The zero-order valence-electron chi connectivity index (χ0n) is 11.3. The molecule has 0 rings (SSSR count). The highest BCUT2D eigenvalue weighted by Crippen LogP contribution is 2.14. The summed E-state index contributed by atoms with van der Waals surface area (Å²) in [6.07, 6.45) is 2.57. The molecule has 5 heteroatoms. The lowest BCUT2D eigenvalue weighted by Gasteiger charge is -2.23. The molecular weight excluding hydrogens is 238 g/mol. The number of nitrogens with one attached hydrogen (secondary N) is 1. The van der Waals surface area contributed by atoms with E-state index in [4.69, 9.17) is 4.74 Å². The van der Waals surface area contributed by atoms with E-state index in [1.165, 1.54) is 0 Å². The van der Waals surface area contributed by atoms with Crippen molar-refractivity contribution in [2.75, 3.05) is 18.6 Å². The molecule has 17 heavy (non-hydrogen) atoms. The lowest BCUT2D eigenvalue weighted by atomic mass is 9.95. The Morgan fingerprint density at radius 3 is 2.35 bits per heavy atom. The average Bonchev–Trinajstić information content (AvgIpc) is 2.22. The van der Waals surface area contributed by atoms with Crippen LogP contribution in [0, 0.1) is 5.41 Å². The fourth-order valence-corrected chi connectivity index (χ4v) is 1.57. The molecule has 0 saturated carbocycles. The molecule has 4 nitrogen and oxygen atoms in total. The van der Waals surface area contributed by atoms with E-state index in [1.54, 1.807) is 18.7 Å². The van der Waals surface area contributed by atoms with E-state index in [9.17, 15) is 9.59 Å². The number of esters is 1. The Labute approximate surface area is 108 Å². The van der Waals surface area contributed by atoms with Gasteiger partial charge in [0.25, 0.3) is 0 Å². The maximum absolute atomic E-state index is 11.8. The van der Waals surface area contributed by atoms with Crippen LogP contribution < -0.4 is 5.32 Å². The molecule has 0 heterocycles. The van der Waals surface area contributed by atoms with Gasteiger partial charge < -0.3 is 10.1 Å². The Kier molecular flexibility index (Phi) is 7.27. The minimum atomic E-state index is -0.533. The molecule has 1 N–H and O–H groups in total. The number of rotatable bonds is 6. The molecule has 0 aliphatic carbocycles. The molecule has 0 aromatic heterocycles. The molecule has 0 unspecified atom stereocenters. The molecule has 0 aromatic carbocycles. The SMILES string of the molecule is CCOC(=O)[C@H](CCSC)NC(=O)C(C)(C)C. The van der Waals surface area contributed by atoms with Crippen molar-refractivity contribution in [3.63, 3.8) is 0 Å². The lowest BCUT2D eigenvalue weighted by Crippen LogP contribution is -2.46. The predicted octanol–water partition coefficient (Wildman–Crippen LogP) is 1.83. The first-order valence-corrected chi connectivity index (χ1v) is 7.18. The highest BCUT2D eigenvalue weighted by molar-refractivity contribution is 7.98.